The molecule has 0 unspecified atom stereocenters. The molecule has 0 aliphatic heterocycles. The molecule has 1 N–H and O–H groups in total. The van der Waals surface area contributed by atoms with Crippen LogP contribution in [0.25, 0.3) is 0 Å². The third kappa shape index (κ3) is 8.44. The summed E-state index contributed by atoms with van der Waals surface area (Å²) in [6.45, 7) is 0.142. The number of halogens is 1. The summed E-state index contributed by atoms with van der Waals surface area (Å²) in [4.78, 5) is 11.3. The molecule has 0 spiro atoms. The first-order chi connectivity index (χ1) is 9.47. The van der Waals surface area contributed by atoms with Gasteiger partial charge in [-0.15, -0.1) is 3.89 Å². The first-order valence-corrected chi connectivity index (χ1v) is 7.47. The van der Waals surface area contributed by atoms with E-state index in [1.54, 1.807) is 0 Å². The summed E-state index contributed by atoms with van der Waals surface area (Å²) in [5.41, 5.74) is 0.868. The van der Waals surface area contributed by atoms with E-state index in [1.165, 1.54) is 0 Å². The van der Waals surface area contributed by atoms with Crippen LogP contribution in [0.5, 0.6) is 0 Å². The van der Waals surface area contributed by atoms with Crippen molar-refractivity contribution in [1.82, 2.24) is 5.32 Å². The second-order valence-corrected chi connectivity index (χ2v) is 5.33. The van der Waals surface area contributed by atoms with Gasteiger partial charge in [0, 0.05) is 6.54 Å². The van der Waals surface area contributed by atoms with E-state index in [1.807, 2.05) is 30.3 Å². The second kappa shape index (κ2) is 8.49. The summed E-state index contributed by atoms with van der Waals surface area (Å²) in [5, 5.41) is 2.42. The van der Waals surface area contributed by atoms with E-state index in [9.17, 15) is 17.1 Å². The first kappa shape index (κ1) is 16.4. The lowest BCUT2D eigenvalue weighted by Crippen LogP contribution is -2.28. The van der Waals surface area contributed by atoms with Crippen LogP contribution in [0.2, 0.25) is 0 Å². The van der Waals surface area contributed by atoms with Crippen LogP contribution in [0.3, 0.4) is 0 Å². The Kier molecular flexibility index (Phi) is 6.96. The highest BCUT2D eigenvalue weighted by Gasteiger charge is 2.06. The van der Waals surface area contributed by atoms with Crippen LogP contribution >= 0.6 is 0 Å². The predicted octanol–water partition coefficient (Wildman–Crippen LogP) is 1.23. The molecule has 112 valence electrons. The standard InChI is InChI=1S/C12H16FNO5S/c13-20(16,17)9-8-18-7-6-14-12(15)19-10-11-4-2-1-3-5-11/h1-5H,6-10H2,(H,14,15). The van der Waals surface area contributed by atoms with E-state index in [0.717, 1.165) is 5.56 Å². The van der Waals surface area contributed by atoms with Crippen molar-refractivity contribution in [3.05, 3.63) is 35.9 Å². The van der Waals surface area contributed by atoms with Crippen LogP contribution in [-0.4, -0.2) is 40.0 Å². The molecule has 1 aromatic carbocycles. The molecule has 1 aromatic rings. The summed E-state index contributed by atoms with van der Waals surface area (Å²) < 4.78 is 42.2. The Bertz CT molecular complexity index is 506. The molecule has 0 saturated carbocycles. The monoisotopic (exact) mass is 305 g/mol. The van der Waals surface area contributed by atoms with Gasteiger partial charge in [0.05, 0.1) is 13.2 Å². The number of nitrogens with one attached hydrogen (secondary N) is 1. The van der Waals surface area contributed by atoms with Gasteiger partial charge in [0.15, 0.2) is 0 Å². The molecule has 0 fully saturated rings. The molecule has 0 atom stereocenters. The van der Waals surface area contributed by atoms with Gasteiger partial charge >= 0.3 is 16.3 Å². The Balaban J connectivity index is 2.03. The van der Waals surface area contributed by atoms with Crippen LogP contribution in [0.15, 0.2) is 30.3 Å². The Morgan fingerprint density at radius 1 is 1.20 bits per heavy atom. The number of hydrogen-bond donors (Lipinski definition) is 1. The van der Waals surface area contributed by atoms with Crippen molar-refractivity contribution in [3.8, 4) is 0 Å². The van der Waals surface area contributed by atoms with Gasteiger partial charge in [0.1, 0.15) is 12.4 Å². The molecule has 8 heteroatoms. The normalized spacial score (nSPS) is 11.1. The summed E-state index contributed by atoms with van der Waals surface area (Å²) in [6, 6.07) is 9.19. The van der Waals surface area contributed by atoms with Crippen LogP contribution in [0.1, 0.15) is 5.56 Å². The van der Waals surface area contributed by atoms with Crippen molar-refractivity contribution in [2.24, 2.45) is 0 Å². The molecule has 20 heavy (non-hydrogen) atoms. The van der Waals surface area contributed by atoms with Crippen molar-refractivity contribution in [2.45, 2.75) is 6.61 Å². The van der Waals surface area contributed by atoms with Crippen molar-refractivity contribution in [1.29, 1.82) is 0 Å². The summed E-state index contributed by atoms with van der Waals surface area (Å²) in [5.74, 6) is -0.689. The topological polar surface area (TPSA) is 81.7 Å². The zero-order valence-electron chi connectivity index (χ0n) is 10.7. The highest BCUT2D eigenvalue weighted by molar-refractivity contribution is 7.86. The fourth-order valence-electron chi connectivity index (χ4n) is 1.26. The Hall–Kier alpha value is -1.67. The first-order valence-electron chi connectivity index (χ1n) is 5.92. The third-order valence-corrected chi connectivity index (χ3v) is 2.85. The van der Waals surface area contributed by atoms with Crippen LogP contribution < -0.4 is 5.32 Å². The van der Waals surface area contributed by atoms with Crippen LogP contribution in [0, 0.1) is 0 Å². The Morgan fingerprint density at radius 2 is 1.90 bits per heavy atom. The lowest BCUT2D eigenvalue weighted by atomic mass is 10.2. The highest BCUT2D eigenvalue weighted by atomic mass is 32.3. The molecule has 0 saturated heterocycles. The van der Waals surface area contributed by atoms with Gasteiger partial charge in [-0.25, -0.2) is 4.79 Å². The van der Waals surface area contributed by atoms with Gasteiger partial charge in [0.2, 0.25) is 0 Å². The van der Waals surface area contributed by atoms with Gasteiger partial charge in [-0.1, -0.05) is 30.3 Å². The molecule has 6 nitrogen and oxygen atoms in total. The molecule has 0 bridgehead atoms. The number of hydrogen-bond acceptors (Lipinski definition) is 5. The molecular weight excluding hydrogens is 289 g/mol. The van der Waals surface area contributed by atoms with Crippen molar-refractivity contribution >= 4 is 16.3 Å². The molecule has 0 aromatic heterocycles. The lowest BCUT2D eigenvalue weighted by molar-refractivity contribution is 0.124. The average molecular weight is 305 g/mol. The second-order valence-electron chi connectivity index (χ2n) is 3.84. The molecule has 1 rings (SSSR count). The van der Waals surface area contributed by atoms with E-state index in [2.05, 4.69) is 5.32 Å². The van der Waals surface area contributed by atoms with Crippen molar-refractivity contribution in [2.75, 3.05) is 25.5 Å². The zero-order chi connectivity index (χ0) is 14.8. The van der Waals surface area contributed by atoms with E-state index < -0.39 is 22.1 Å². The van der Waals surface area contributed by atoms with Crippen molar-refractivity contribution < 1.29 is 26.6 Å². The Labute approximate surface area is 117 Å². The third-order valence-electron chi connectivity index (χ3n) is 2.20. The van der Waals surface area contributed by atoms with E-state index in [0.29, 0.717) is 0 Å². The smallest absolute Gasteiger partial charge is 0.407 e. The van der Waals surface area contributed by atoms with Gasteiger partial charge in [-0.3, -0.25) is 0 Å². The summed E-state index contributed by atoms with van der Waals surface area (Å²) >= 11 is 0. The number of alkyl carbamates (subject to hydrolysis) is 1. The minimum Gasteiger partial charge on any atom is -0.445 e. The molecule has 0 radical (unpaired) electrons. The largest absolute Gasteiger partial charge is 0.445 e. The SMILES string of the molecule is O=C(NCCOCCS(=O)(=O)F)OCc1ccccc1. The fourth-order valence-corrected chi connectivity index (χ4v) is 1.58. The number of ether oxygens (including phenoxy) is 2. The minimum absolute atomic E-state index is 0.0793. The highest BCUT2D eigenvalue weighted by Crippen LogP contribution is 2.00. The minimum atomic E-state index is -4.50. The van der Waals surface area contributed by atoms with Crippen molar-refractivity contribution in [3.63, 3.8) is 0 Å². The van der Waals surface area contributed by atoms with Gasteiger partial charge in [0.25, 0.3) is 0 Å². The van der Waals surface area contributed by atoms with E-state index in [4.69, 9.17) is 9.47 Å². The number of amides is 1. The maximum atomic E-state index is 12.1. The van der Waals surface area contributed by atoms with Crippen LogP contribution in [-0.2, 0) is 26.3 Å². The average Bonchev–Trinajstić information content (AvgIpc) is 2.40. The van der Waals surface area contributed by atoms with Gasteiger partial charge in [-0.05, 0) is 5.56 Å². The maximum absolute atomic E-state index is 12.1. The lowest BCUT2D eigenvalue weighted by Gasteiger charge is -2.07. The van der Waals surface area contributed by atoms with Gasteiger partial charge in [-0.2, -0.15) is 8.42 Å². The number of benzene rings is 1. The summed E-state index contributed by atoms with van der Waals surface area (Å²) in [7, 11) is -4.50. The number of rotatable bonds is 8. The molecule has 0 aliphatic rings. The van der Waals surface area contributed by atoms with E-state index in [-0.39, 0.29) is 26.4 Å². The number of carbonyl (C=O) groups excluding carboxylic acids is 1. The maximum Gasteiger partial charge on any atom is 0.407 e. The van der Waals surface area contributed by atoms with E-state index >= 15 is 0 Å². The zero-order valence-corrected chi connectivity index (χ0v) is 11.6. The molecule has 0 aliphatic carbocycles. The molecular formula is C12H16FNO5S. The predicted molar refractivity (Wildman–Crippen MR) is 70.3 cm³/mol. The molecule has 1 amide bonds. The quantitative estimate of drug-likeness (QED) is 0.577. The van der Waals surface area contributed by atoms with Gasteiger partial charge < -0.3 is 14.8 Å². The molecule has 0 heterocycles. The van der Waals surface area contributed by atoms with Crippen LogP contribution in [0.4, 0.5) is 8.68 Å². The number of carbonyl (C=O) groups is 1. The fraction of sp³-hybridized carbons (Fsp3) is 0.417. The summed E-state index contributed by atoms with van der Waals surface area (Å²) in [6.07, 6.45) is -0.601. The Morgan fingerprint density at radius 3 is 2.55 bits per heavy atom.